The van der Waals surface area contributed by atoms with Crippen LogP contribution in [0.2, 0.25) is 0 Å². The molecule has 0 aliphatic carbocycles. The number of rotatable bonds is 2. The number of hydrogen-bond acceptors (Lipinski definition) is 3. The molecule has 2 rings (SSSR count). The van der Waals surface area contributed by atoms with Gasteiger partial charge in [0.05, 0.1) is 6.20 Å². The summed E-state index contributed by atoms with van der Waals surface area (Å²) in [6.45, 7) is 0. The minimum Gasteiger partial charge on any atom is -0.506 e. The summed E-state index contributed by atoms with van der Waals surface area (Å²) in [6, 6.07) is 6.97. The van der Waals surface area contributed by atoms with Gasteiger partial charge in [-0.05, 0) is 12.1 Å². The lowest BCUT2D eigenvalue weighted by atomic mass is 10.1. The number of para-hydroxylation sites is 1. The number of benzene rings is 1. The molecule has 0 spiro atoms. The number of ether oxygens (including phenoxy) is 1. The van der Waals surface area contributed by atoms with Crippen molar-refractivity contribution in [1.29, 1.82) is 0 Å². The molecule has 0 aliphatic rings. The van der Waals surface area contributed by atoms with E-state index in [4.69, 9.17) is 0 Å². The van der Waals surface area contributed by atoms with Crippen LogP contribution >= 0.6 is 0 Å². The van der Waals surface area contributed by atoms with Gasteiger partial charge < -0.3 is 9.84 Å². The lowest BCUT2D eigenvalue weighted by Gasteiger charge is -2.13. The van der Waals surface area contributed by atoms with Gasteiger partial charge >= 0.3 is 6.36 Å². The number of halogens is 3. The summed E-state index contributed by atoms with van der Waals surface area (Å²) in [5, 5.41) is 9.27. The Morgan fingerprint density at radius 3 is 2.50 bits per heavy atom. The Morgan fingerprint density at radius 2 is 1.83 bits per heavy atom. The van der Waals surface area contributed by atoms with E-state index in [0.717, 1.165) is 0 Å². The summed E-state index contributed by atoms with van der Waals surface area (Å²) in [6.07, 6.45) is -2.23. The largest absolute Gasteiger partial charge is 0.573 e. The second-order valence-electron chi connectivity index (χ2n) is 3.48. The zero-order valence-corrected chi connectivity index (χ0v) is 8.98. The van der Waals surface area contributed by atoms with Crippen molar-refractivity contribution in [2.75, 3.05) is 0 Å². The topological polar surface area (TPSA) is 42.4 Å². The molecule has 0 atom stereocenters. The first kappa shape index (κ1) is 12.2. The van der Waals surface area contributed by atoms with Crippen LogP contribution in [0.25, 0.3) is 11.1 Å². The van der Waals surface area contributed by atoms with Crippen molar-refractivity contribution < 1.29 is 23.0 Å². The molecule has 94 valence electrons. The number of alkyl halides is 3. The molecule has 0 aliphatic heterocycles. The van der Waals surface area contributed by atoms with E-state index in [1.54, 1.807) is 6.07 Å². The Morgan fingerprint density at radius 1 is 1.11 bits per heavy atom. The Balaban J connectivity index is 2.45. The molecule has 1 aromatic heterocycles. The Hall–Kier alpha value is -2.24. The van der Waals surface area contributed by atoms with Crippen molar-refractivity contribution >= 4 is 0 Å². The molecule has 1 aromatic carbocycles. The van der Waals surface area contributed by atoms with Crippen molar-refractivity contribution in [2.45, 2.75) is 6.36 Å². The Bertz CT molecular complexity index is 555. The van der Waals surface area contributed by atoms with Crippen LogP contribution in [0.3, 0.4) is 0 Å². The summed E-state index contributed by atoms with van der Waals surface area (Å²) in [7, 11) is 0. The summed E-state index contributed by atoms with van der Waals surface area (Å²) in [5.41, 5.74) is 0.549. The smallest absolute Gasteiger partial charge is 0.506 e. The monoisotopic (exact) mass is 255 g/mol. The van der Waals surface area contributed by atoms with Gasteiger partial charge in [0.25, 0.3) is 0 Å². The van der Waals surface area contributed by atoms with Crippen LogP contribution in [0.1, 0.15) is 0 Å². The molecule has 0 amide bonds. The van der Waals surface area contributed by atoms with E-state index in [-0.39, 0.29) is 17.1 Å². The lowest BCUT2D eigenvalue weighted by molar-refractivity contribution is -0.274. The fraction of sp³-hybridized carbons (Fsp3) is 0.0833. The third kappa shape index (κ3) is 2.91. The fourth-order valence-corrected chi connectivity index (χ4v) is 1.49. The highest BCUT2D eigenvalue weighted by Gasteiger charge is 2.32. The van der Waals surface area contributed by atoms with Crippen LogP contribution in [0.4, 0.5) is 13.2 Å². The van der Waals surface area contributed by atoms with Crippen LogP contribution in [-0.2, 0) is 0 Å². The van der Waals surface area contributed by atoms with Crippen molar-refractivity contribution in [1.82, 2.24) is 4.98 Å². The molecule has 3 nitrogen and oxygen atoms in total. The number of nitrogens with zero attached hydrogens (tertiary/aromatic N) is 1. The van der Waals surface area contributed by atoms with Gasteiger partial charge in [0.2, 0.25) is 0 Å². The first-order chi connectivity index (χ1) is 8.46. The zero-order chi connectivity index (χ0) is 13.2. The van der Waals surface area contributed by atoms with E-state index in [2.05, 4.69) is 9.72 Å². The number of aromatic hydroxyl groups is 1. The Kier molecular flexibility index (Phi) is 3.10. The first-order valence-corrected chi connectivity index (χ1v) is 4.95. The predicted molar refractivity (Wildman–Crippen MR) is 58.0 cm³/mol. The third-order valence-electron chi connectivity index (χ3n) is 2.15. The maximum atomic E-state index is 12.2. The lowest BCUT2D eigenvalue weighted by Crippen LogP contribution is -2.17. The zero-order valence-electron chi connectivity index (χ0n) is 8.98. The number of aromatic nitrogens is 1. The molecular weight excluding hydrogens is 247 g/mol. The molecule has 0 unspecified atom stereocenters. The minimum absolute atomic E-state index is 0.130. The van der Waals surface area contributed by atoms with Crippen molar-refractivity contribution in [3.05, 3.63) is 42.7 Å². The van der Waals surface area contributed by atoms with Gasteiger partial charge in [-0.2, -0.15) is 0 Å². The van der Waals surface area contributed by atoms with Crippen molar-refractivity contribution in [3.63, 3.8) is 0 Å². The van der Waals surface area contributed by atoms with Crippen LogP contribution < -0.4 is 4.74 Å². The molecular formula is C12H8F3NO2. The van der Waals surface area contributed by atoms with Gasteiger partial charge in [0.1, 0.15) is 11.5 Å². The summed E-state index contributed by atoms with van der Waals surface area (Å²) >= 11 is 0. The molecule has 0 bridgehead atoms. The van der Waals surface area contributed by atoms with Gasteiger partial charge in [-0.3, -0.25) is 4.98 Å². The van der Waals surface area contributed by atoms with Crippen LogP contribution in [0.5, 0.6) is 11.5 Å². The van der Waals surface area contributed by atoms with Crippen LogP contribution in [0.15, 0.2) is 42.7 Å². The number of hydrogen-bond donors (Lipinski definition) is 1. The van der Waals surface area contributed by atoms with E-state index in [1.807, 2.05) is 0 Å². The average molecular weight is 255 g/mol. The van der Waals surface area contributed by atoms with Gasteiger partial charge in [0.15, 0.2) is 0 Å². The molecule has 18 heavy (non-hydrogen) atoms. The molecule has 6 heteroatoms. The highest BCUT2D eigenvalue weighted by atomic mass is 19.4. The van der Waals surface area contributed by atoms with Crippen LogP contribution in [0, 0.1) is 0 Å². The van der Waals surface area contributed by atoms with E-state index in [0.29, 0.717) is 5.56 Å². The highest BCUT2D eigenvalue weighted by Crippen LogP contribution is 2.34. The summed E-state index contributed by atoms with van der Waals surface area (Å²) in [5.74, 6) is -0.466. The summed E-state index contributed by atoms with van der Waals surface area (Å²) in [4.78, 5) is 3.71. The van der Waals surface area contributed by atoms with E-state index in [9.17, 15) is 18.3 Å². The molecule has 0 saturated carbocycles. The predicted octanol–water partition coefficient (Wildman–Crippen LogP) is 3.35. The summed E-state index contributed by atoms with van der Waals surface area (Å²) < 4.78 is 40.6. The van der Waals surface area contributed by atoms with E-state index in [1.165, 1.54) is 36.7 Å². The normalized spacial score (nSPS) is 11.3. The SMILES string of the molecule is Oc1cncc(-c2ccccc2OC(F)(F)F)c1. The molecule has 1 N–H and O–H groups in total. The highest BCUT2D eigenvalue weighted by molar-refractivity contribution is 5.70. The standard InChI is InChI=1S/C12H8F3NO2/c13-12(14,15)18-11-4-2-1-3-10(11)8-5-9(17)7-16-6-8/h1-7,17H. The third-order valence-corrected chi connectivity index (χ3v) is 2.15. The fourth-order valence-electron chi connectivity index (χ4n) is 1.49. The molecule has 1 heterocycles. The minimum atomic E-state index is -4.76. The van der Waals surface area contributed by atoms with Crippen molar-refractivity contribution in [3.8, 4) is 22.6 Å². The van der Waals surface area contributed by atoms with E-state index >= 15 is 0 Å². The first-order valence-electron chi connectivity index (χ1n) is 4.95. The molecule has 0 saturated heterocycles. The quantitative estimate of drug-likeness (QED) is 0.894. The average Bonchev–Trinajstić information content (AvgIpc) is 2.27. The van der Waals surface area contributed by atoms with Crippen LogP contribution in [-0.4, -0.2) is 16.5 Å². The van der Waals surface area contributed by atoms with Gasteiger partial charge in [0, 0.05) is 17.3 Å². The van der Waals surface area contributed by atoms with Gasteiger partial charge in [-0.25, -0.2) is 0 Å². The molecule has 0 radical (unpaired) electrons. The second kappa shape index (κ2) is 4.56. The Labute approximate surface area is 100 Å². The molecule has 2 aromatic rings. The van der Waals surface area contributed by atoms with Crippen molar-refractivity contribution in [2.24, 2.45) is 0 Å². The van der Waals surface area contributed by atoms with E-state index < -0.39 is 6.36 Å². The maximum Gasteiger partial charge on any atom is 0.573 e. The van der Waals surface area contributed by atoms with Gasteiger partial charge in [-0.1, -0.05) is 18.2 Å². The number of pyridine rings is 1. The second-order valence-corrected chi connectivity index (χ2v) is 3.48. The maximum absolute atomic E-state index is 12.2. The molecule has 0 fully saturated rings. The van der Waals surface area contributed by atoms with Gasteiger partial charge in [-0.15, -0.1) is 13.2 Å².